The summed E-state index contributed by atoms with van der Waals surface area (Å²) in [5, 5.41) is 33.8. The first-order valence-corrected chi connectivity index (χ1v) is 17.6. The van der Waals surface area contributed by atoms with Crippen LogP contribution in [0.3, 0.4) is 0 Å². The highest BCUT2D eigenvalue weighted by atomic mass is 32.2. The van der Waals surface area contributed by atoms with Crippen molar-refractivity contribution in [2.24, 2.45) is 5.14 Å². The number of aliphatic hydroxyl groups is 2. The first-order valence-electron chi connectivity index (χ1n) is 16.0. The second-order valence-electron chi connectivity index (χ2n) is 12.2. The maximum Gasteiger partial charge on any atom is 0.471 e. The van der Waals surface area contributed by atoms with Gasteiger partial charge in [-0.15, -0.1) is 0 Å². The molecule has 3 heterocycles. The Kier molecular flexibility index (Phi) is 10.8. The van der Waals surface area contributed by atoms with Crippen LogP contribution < -0.4 is 15.8 Å². The van der Waals surface area contributed by atoms with Crippen molar-refractivity contribution in [1.82, 2.24) is 29.3 Å². The van der Waals surface area contributed by atoms with Gasteiger partial charge in [-0.05, 0) is 62.9 Å². The van der Waals surface area contributed by atoms with E-state index in [1.165, 1.54) is 23.0 Å². The third-order valence-electron chi connectivity index (χ3n) is 9.13. The second-order valence-corrected chi connectivity index (χ2v) is 13.8. The number of alkyl halides is 3. The molecular formula is C30H42F3N9O5S. The van der Waals surface area contributed by atoms with Crippen LogP contribution in [-0.4, -0.2) is 117 Å². The van der Waals surface area contributed by atoms with Crippen LogP contribution in [0.1, 0.15) is 51.1 Å². The van der Waals surface area contributed by atoms with E-state index in [2.05, 4.69) is 37.4 Å². The number of aromatic nitrogens is 4. The zero-order valence-corrected chi connectivity index (χ0v) is 27.6. The standard InChI is InChI=1S/C30H42F3N9O5S/c1-3-13-41(28(45)30(31,32)33)21-15-22(25(44)24(21)43)42-17-37-23-26(35-12-11-18-7-9-20(10-8-18)48(34,46)47)38-29(39-27(23)42)36-16-19-6-5-14-40(19)4-2/h7-10,17,19,21-22,24-25,43-44H,3-6,11-16H2,1-2H3,(H2,34,46,47)(H2,35,36,38,39)/t19-,21+,22-,24-,25+/m1/s1. The normalized spacial score (nSPS) is 23.5. The van der Waals surface area contributed by atoms with Crippen molar-refractivity contribution in [3.8, 4) is 0 Å². The minimum atomic E-state index is -5.13. The lowest BCUT2D eigenvalue weighted by Gasteiger charge is -2.31. The largest absolute Gasteiger partial charge is 0.471 e. The molecule has 6 N–H and O–H groups in total. The van der Waals surface area contributed by atoms with E-state index in [9.17, 15) is 36.6 Å². The van der Waals surface area contributed by atoms with E-state index in [0.717, 1.165) is 31.5 Å². The summed E-state index contributed by atoms with van der Waals surface area (Å²) in [6.07, 6.45) is -4.24. The van der Waals surface area contributed by atoms with E-state index in [0.29, 0.717) is 35.7 Å². The number of likely N-dealkylation sites (N-methyl/N-ethyl adjacent to an activating group) is 1. The van der Waals surface area contributed by atoms with E-state index >= 15 is 0 Å². The Morgan fingerprint density at radius 3 is 2.50 bits per heavy atom. The summed E-state index contributed by atoms with van der Waals surface area (Å²) in [6, 6.07) is 4.24. The van der Waals surface area contributed by atoms with Crippen molar-refractivity contribution >= 4 is 38.9 Å². The Bertz CT molecular complexity index is 1690. The zero-order valence-electron chi connectivity index (χ0n) is 26.8. The maximum absolute atomic E-state index is 13.5. The number of fused-ring (bicyclic) bond motifs is 1. The molecule has 5 atom stereocenters. The molecule has 264 valence electrons. The number of amides is 1. The molecule has 1 saturated heterocycles. The van der Waals surface area contributed by atoms with Crippen LogP contribution in [0.4, 0.5) is 24.9 Å². The fraction of sp³-hybridized carbons (Fsp3) is 0.600. The summed E-state index contributed by atoms with van der Waals surface area (Å²) < 4.78 is 65.1. The number of benzene rings is 1. The van der Waals surface area contributed by atoms with Crippen molar-refractivity contribution < 1.29 is 36.6 Å². The van der Waals surface area contributed by atoms with Gasteiger partial charge in [0.25, 0.3) is 0 Å². The van der Waals surface area contributed by atoms with Crippen LogP contribution in [0.5, 0.6) is 0 Å². The van der Waals surface area contributed by atoms with Gasteiger partial charge in [-0.1, -0.05) is 26.0 Å². The molecule has 1 amide bonds. The van der Waals surface area contributed by atoms with Gasteiger partial charge in [-0.3, -0.25) is 9.69 Å². The average molecular weight is 698 g/mol. The fourth-order valence-electron chi connectivity index (χ4n) is 6.68. The number of rotatable bonds is 13. The molecule has 0 radical (unpaired) electrons. The number of nitrogens with two attached hydrogens (primary N) is 1. The lowest BCUT2D eigenvalue weighted by molar-refractivity contribution is -0.190. The molecule has 3 aromatic rings. The van der Waals surface area contributed by atoms with E-state index in [4.69, 9.17) is 5.14 Å². The Balaban J connectivity index is 1.43. The van der Waals surface area contributed by atoms with Crippen LogP contribution in [0.2, 0.25) is 0 Å². The van der Waals surface area contributed by atoms with Crippen molar-refractivity contribution in [3.63, 3.8) is 0 Å². The molecule has 18 heteroatoms. The quantitative estimate of drug-likeness (QED) is 0.175. The van der Waals surface area contributed by atoms with Crippen molar-refractivity contribution in [2.75, 3.05) is 43.4 Å². The number of primary sulfonamides is 1. The van der Waals surface area contributed by atoms with E-state index in [1.54, 1.807) is 19.1 Å². The van der Waals surface area contributed by atoms with Gasteiger partial charge in [0.1, 0.15) is 12.2 Å². The van der Waals surface area contributed by atoms with Gasteiger partial charge in [-0.2, -0.15) is 23.1 Å². The van der Waals surface area contributed by atoms with Gasteiger partial charge in [0, 0.05) is 25.7 Å². The Morgan fingerprint density at radius 1 is 1.12 bits per heavy atom. The molecule has 1 saturated carbocycles. The smallest absolute Gasteiger partial charge is 0.388 e. The molecule has 1 aliphatic carbocycles. The number of hydrogen-bond acceptors (Lipinski definition) is 11. The van der Waals surface area contributed by atoms with E-state index in [-0.39, 0.29) is 41.9 Å². The number of sulfonamides is 1. The number of carbonyl (C=O) groups excluding carboxylic acids is 1. The summed E-state index contributed by atoms with van der Waals surface area (Å²) in [6.45, 7) is 6.33. The van der Waals surface area contributed by atoms with Crippen LogP contribution in [-0.2, 0) is 21.2 Å². The number of imidazole rings is 1. The minimum absolute atomic E-state index is 0.00363. The number of nitrogens with zero attached hydrogens (tertiary/aromatic N) is 6. The van der Waals surface area contributed by atoms with Gasteiger partial charge in [0.05, 0.1) is 23.3 Å². The Morgan fingerprint density at radius 2 is 1.85 bits per heavy atom. The summed E-state index contributed by atoms with van der Waals surface area (Å²) in [7, 11) is -3.82. The monoisotopic (exact) mass is 697 g/mol. The molecule has 14 nitrogen and oxygen atoms in total. The molecule has 1 aromatic carbocycles. The van der Waals surface area contributed by atoms with Crippen molar-refractivity contribution in [2.45, 2.75) is 87.4 Å². The highest BCUT2D eigenvalue weighted by Gasteiger charge is 2.51. The molecule has 2 fully saturated rings. The molecule has 2 aromatic heterocycles. The van der Waals surface area contributed by atoms with Crippen LogP contribution in [0, 0.1) is 0 Å². The SMILES string of the molecule is CCCN(C(=O)C(F)(F)F)[C@H]1C[C@@H](n2cnc3c(NCCc4ccc(S(N)(=O)=O)cc4)nc(NC[C@H]4CCCN4CC)nc32)[C@H](O)[C@@H]1O. The summed E-state index contributed by atoms with van der Waals surface area (Å²) in [5.74, 6) is -1.42. The Labute approximate surface area is 276 Å². The molecule has 5 rings (SSSR count). The molecule has 0 spiro atoms. The van der Waals surface area contributed by atoms with Crippen LogP contribution >= 0.6 is 0 Å². The van der Waals surface area contributed by atoms with Gasteiger partial charge in [0.2, 0.25) is 16.0 Å². The summed E-state index contributed by atoms with van der Waals surface area (Å²) >= 11 is 0. The van der Waals surface area contributed by atoms with Gasteiger partial charge in [-0.25, -0.2) is 18.5 Å². The predicted octanol–water partition coefficient (Wildman–Crippen LogP) is 1.86. The van der Waals surface area contributed by atoms with E-state index in [1.807, 2.05) is 0 Å². The maximum atomic E-state index is 13.5. The fourth-order valence-corrected chi connectivity index (χ4v) is 7.19. The van der Waals surface area contributed by atoms with Crippen molar-refractivity contribution in [3.05, 3.63) is 36.2 Å². The van der Waals surface area contributed by atoms with Crippen molar-refractivity contribution in [1.29, 1.82) is 0 Å². The number of aliphatic hydroxyl groups excluding tert-OH is 2. The third-order valence-corrected chi connectivity index (χ3v) is 10.1. The molecule has 0 bridgehead atoms. The Hall–Kier alpha value is -3.58. The van der Waals surface area contributed by atoms with Crippen LogP contribution in [0.25, 0.3) is 11.2 Å². The lowest BCUT2D eigenvalue weighted by Crippen LogP contribution is -2.51. The van der Waals surface area contributed by atoms with Crippen LogP contribution in [0.15, 0.2) is 35.5 Å². The molecule has 2 aliphatic rings. The third kappa shape index (κ3) is 7.67. The highest BCUT2D eigenvalue weighted by Crippen LogP contribution is 2.38. The number of likely N-dealkylation sites (tertiary alicyclic amines) is 1. The highest BCUT2D eigenvalue weighted by molar-refractivity contribution is 7.89. The minimum Gasteiger partial charge on any atom is -0.388 e. The lowest BCUT2D eigenvalue weighted by atomic mass is 10.1. The first kappa shape index (κ1) is 35.7. The first-order chi connectivity index (χ1) is 22.7. The predicted molar refractivity (Wildman–Crippen MR) is 172 cm³/mol. The second kappa shape index (κ2) is 14.5. The molecular weight excluding hydrogens is 655 g/mol. The number of nitrogens with one attached hydrogen (secondary N) is 2. The average Bonchev–Trinajstić information content (AvgIpc) is 3.75. The molecule has 1 aliphatic heterocycles. The summed E-state index contributed by atoms with van der Waals surface area (Å²) in [4.78, 5) is 29.1. The number of anilines is 2. The van der Waals surface area contributed by atoms with Gasteiger partial charge >= 0.3 is 12.1 Å². The zero-order chi connectivity index (χ0) is 34.8. The summed E-state index contributed by atoms with van der Waals surface area (Å²) in [5.41, 5.74) is 1.46. The van der Waals surface area contributed by atoms with Gasteiger partial charge < -0.3 is 30.3 Å². The number of halogens is 3. The molecule has 0 unspecified atom stereocenters. The van der Waals surface area contributed by atoms with Gasteiger partial charge in [0.15, 0.2) is 17.0 Å². The topological polar surface area (TPSA) is 192 Å². The van der Waals surface area contributed by atoms with E-state index < -0.39 is 46.4 Å². The molecule has 48 heavy (non-hydrogen) atoms. The number of hydrogen-bond donors (Lipinski definition) is 5. The number of carbonyl (C=O) groups is 1.